The van der Waals surface area contributed by atoms with Crippen molar-refractivity contribution in [1.29, 1.82) is 0 Å². The van der Waals surface area contributed by atoms with Gasteiger partial charge < -0.3 is 9.47 Å². The summed E-state index contributed by atoms with van der Waals surface area (Å²) < 4.78 is 11.4. The van der Waals surface area contributed by atoms with E-state index in [0.717, 1.165) is 13.2 Å². The van der Waals surface area contributed by atoms with E-state index in [1.54, 1.807) is 11.1 Å². The summed E-state index contributed by atoms with van der Waals surface area (Å²) in [7, 11) is 0. The molecular formula is C10H12O2. The molecule has 4 rings (SSSR count). The Morgan fingerprint density at radius 2 is 1.42 bits per heavy atom. The largest absolute Gasteiger partial charge is 0.370 e. The molecule has 2 atom stereocenters. The molecule has 2 heteroatoms. The van der Waals surface area contributed by atoms with Gasteiger partial charge in [0.2, 0.25) is 0 Å². The van der Waals surface area contributed by atoms with Crippen LogP contribution in [0.15, 0.2) is 11.1 Å². The second kappa shape index (κ2) is 1.51. The number of rotatable bonds is 0. The van der Waals surface area contributed by atoms with E-state index in [9.17, 15) is 0 Å². The molecule has 2 saturated heterocycles. The molecule has 2 heterocycles. The van der Waals surface area contributed by atoms with Crippen LogP contribution in [0.5, 0.6) is 0 Å². The second-order valence-corrected chi connectivity index (χ2v) is 4.52. The molecule has 2 aliphatic carbocycles. The lowest BCUT2D eigenvalue weighted by Crippen LogP contribution is -2.68. The normalized spacial score (nSPS) is 54.0. The molecule has 2 nitrogen and oxygen atoms in total. The Morgan fingerprint density at radius 1 is 0.917 bits per heavy atom. The lowest BCUT2D eigenvalue weighted by atomic mass is 9.50. The van der Waals surface area contributed by atoms with Gasteiger partial charge in [0.15, 0.2) is 0 Å². The van der Waals surface area contributed by atoms with E-state index < -0.39 is 0 Å². The Labute approximate surface area is 71.5 Å². The maximum atomic E-state index is 5.68. The first-order valence-electron chi connectivity index (χ1n) is 4.86. The summed E-state index contributed by atoms with van der Waals surface area (Å²) >= 11 is 0. The Kier molecular flexibility index (Phi) is 0.776. The van der Waals surface area contributed by atoms with Crippen molar-refractivity contribution in [3.63, 3.8) is 0 Å². The highest BCUT2D eigenvalue weighted by atomic mass is 16.5. The molecule has 0 amide bonds. The van der Waals surface area contributed by atoms with Crippen LogP contribution >= 0.6 is 0 Å². The van der Waals surface area contributed by atoms with E-state index in [1.807, 2.05) is 0 Å². The Bertz CT molecular complexity index is 267. The van der Waals surface area contributed by atoms with E-state index in [1.165, 1.54) is 25.7 Å². The molecule has 0 N–H and O–H groups in total. The number of hydrogen-bond donors (Lipinski definition) is 0. The van der Waals surface area contributed by atoms with Crippen molar-refractivity contribution in [3.05, 3.63) is 11.1 Å². The van der Waals surface area contributed by atoms with Crippen molar-refractivity contribution < 1.29 is 9.47 Å². The van der Waals surface area contributed by atoms with Crippen LogP contribution < -0.4 is 0 Å². The second-order valence-electron chi connectivity index (χ2n) is 4.52. The topological polar surface area (TPSA) is 18.5 Å². The smallest absolute Gasteiger partial charge is 0.0980 e. The predicted molar refractivity (Wildman–Crippen MR) is 42.9 cm³/mol. The zero-order valence-corrected chi connectivity index (χ0v) is 7.06. The molecule has 4 aliphatic rings. The van der Waals surface area contributed by atoms with Crippen LogP contribution in [0.3, 0.4) is 0 Å². The molecule has 2 aliphatic heterocycles. The lowest BCUT2D eigenvalue weighted by Gasteiger charge is -2.67. The third-order valence-electron chi connectivity index (χ3n) is 4.03. The molecule has 0 radical (unpaired) electrons. The number of ether oxygens (including phenoxy) is 2. The minimum atomic E-state index is 0.202. The maximum Gasteiger partial charge on any atom is 0.0980 e. The van der Waals surface area contributed by atoms with E-state index in [2.05, 4.69) is 0 Å². The van der Waals surface area contributed by atoms with Crippen molar-refractivity contribution in [1.82, 2.24) is 0 Å². The van der Waals surface area contributed by atoms with Gasteiger partial charge in [-0.1, -0.05) is 5.57 Å². The first-order chi connectivity index (χ1) is 5.85. The van der Waals surface area contributed by atoms with Crippen molar-refractivity contribution >= 4 is 0 Å². The van der Waals surface area contributed by atoms with Gasteiger partial charge in [-0.25, -0.2) is 0 Å². The van der Waals surface area contributed by atoms with Crippen LogP contribution in [-0.4, -0.2) is 24.4 Å². The highest BCUT2D eigenvalue weighted by Gasteiger charge is 2.67. The van der Waals surface area contributed by atoms with Gasteiger partial charge in [-0.3, -0.25) is 0 Å². The summed E-state index contributed by atoms with van der Waals surface area (Å²) in [5.74, 6) is 0. The molecular weight excluding hydrogens is 152 g/mol. The number of hydrogen-bond acceptors (Lipinski definition) is 2. The molecule has 2 unspecified atom stereocenters. The molecule has 2 spiro atoms. The monoisotopic (exact) mass is 164 g/mol. The Hall–Kier alpha value is -0.340. The van der Waals surface area contributed by atoms with Crippen LogP contribution in [-0.2, 0) is 9.47 Å². The van der Waals surface area contributed by atoms with Crippen molar-refractivity contribution in [2.24, 2.45) is 0 Å². The zero-order valence-electron chi connectivity index (χ0n) is 7.06. The minimum absolute atomic E-state index is 0.202. The van der Waals surface area contributed by atoms with Crippen LogP contribution in [0.4, 0.5) is 0 Å². The highest BCUT2D eigenvalue weighted by molar-refractivity contribution is 5.55. The first kappa shape index (κ1) is 6.17. The Balaban J connectivity index is 1.75. The molecule has 0 saturated carbocycles. The SMILES string of the molecule is C1CC2(CC3=C2C2(CCO2)C3)O1. The fourth-order valence-corrected chi connectivity index (χ4v) is 3.32. The summed E-state index contributed by atoms with van der Waals surface area (Å²) in [4.78, 5) is 0. The summed E-state index contributed by atoms with van der Waals surface area (Å²) in [6, 6.07) is 0. The van der Waals surface area contributed by atoms with E-state index in [-0.39, 0.29) is 11.2 Å². The fourth-order valence-electron chi connectivity index (χ4n) is 3.32. The average Bonchev–Trinajstić information content (AvgIpc) is 1.85. The minimum Gasteiger partial charge on any atom is -0.370 e. The molecule has 0 aromatic heterocycles. The molecule has 12 heavy (non-hydrogen) atoms. The van der Waals surface area contributed by atoms with E-state index in [4.69, 9.17) is 9.47 Å². The summed E-state index contributed by atoms with van der Waals surface area (Å²) in [5.41, 5.74) is 3.61. The summed E-state index contributed by atoms with van der Waals surface area (Å²) in [6.07, 6.45) is 4.93. The van der Waals surface area contributed by atoms with Gasteiger partial charge in [0.1, 0.15) is 0 Å². The lowest BCUT2D eigenvalue weighted by molar-refractivity contribution is -0.218. The molecule has 0 aromatic rings. The van der Waals surface area contributed by atoms with Crippen LogP contribution in [0.2, 0.25) is 0 Å². The van der Waals surface area contributed by atoms with Crippen LogP contribution in [0.1, 0.15) is 25.7 Å². The van der Waals surface area contributed by atoms with Gasteiger partial charge in [0.25, 0.3) is 0 Å². The highest BCUT2D eigenvalue weighted by Crippen LogP contribution is 2.66. The molecule has 2 fully saturated rings. The third-order valence-corrected chi connectivity index (χ3v) is 4.03. The summed E-state index contributed by atoms with van der Waals surface area (Å²) in [5, 5.41) is 0. The van der Waals surface area contributed by atoms with Crippen molar-refractivity contribution in [2.75, 3.05) is 13.2 Å². The average molecular weight is 164 g/mol. The van der Waals surface area contributed by atoms with Gasteiger partial charge in [0.05, 0.1) is 24.4 Å². The molecule has 0 aromatic carbocycles. The van der Waals surface area contributed by atoms with Crippen molar-refractivity contribution in [3.8, 4) is 0 Å². The van der Waals surface area contributed by atoms with E-state index >= 15 is 0 Å². The third kappa shape index (κ3) is 0.417. The van der Waals surface area contributed by atoms with Crippen molar-refractivity contribution in [2.45, 2.75) is 36.9 Å². The van der Waals surface area contributed by atoms with Gasteiger partial charge in [0, 0.05) is 25.7 Å². The van der Waals surface area contributed by atoms with E-state index in [0.29, 0.717) is 0 Å². The van der Waals surface area contributed by atoms with Gasteiger partial charge >= 0.3 is 0 Å². The van der Waals surface area contributed by atoms with Crippen LogP contribution in [0.25, 0.3) is 0 Å². The fraction of sp³-hybridized carbons (Fsp3) is 0.800. The molecule has 64 valence electrons. The number of fused-ring (bicyclic) bond motifs is 2. The summed E-state index contributed by atoms with van der Waals surface area (Å²) in [6.45, 7) is 1.93. The van der Waals surface area contributed by atoms with Gasteiger partial charge in [-0.15, -0.1) is 0 Å². The zero-order chi connectivity index (χ0) is 7.81. The first-order valence-corrected chi connectivity index (χ1v) is 4.86. The Morgan fingerprint density at radius 3 is 1.67 bits per heavy atom. The quantitative estimate of drug-likeness (QED) is 0.504. The van der Waals surface area contributed by atoms with Gasteiger partial charge in [-0.2, -0.15) is 0 Å². The van der Waals surface area contributed by atoms with Crippen LogP contribution in [0, 0.1) is 0 Å². The maximum absolute atomic E-state index is 5.68. The molecule has 0 bridgehead atoms. The predicted octanol–water partition coefficient (Wildman–Crippen LogP) is 1.41. The standard InChI is InChI=1S/C10H12O2/c1-3-11-9(1)5-7-6-10(8(7)9)2-4-12-10/h1-6H2. The van der Waals surface area contributed by atoms with Gasteiger partial charge in [-0.05, 0) is 5.57 Å².